The molecule has 2 heterocycles. The predicted molar refractivity (Wildman–Crippen MR) is 82.1 cm³/mol. The average Bonchev–Trinajstić information content (AvgIpc) is 2.94. The third-order valence-corrected chi connectivity index (χ3v) is 3.07. The maximum absolute atomic E-state index is 13.2. The van der Waals surface area contributed by atoms with Crippen molar-refractivity contribution >= 4 is 17.4 Å². The zero-order valence-corrected chi connectivity index (χ0v) is 12.0. The van der Waals surface area contributed by atoms with Gasteiger partial charge in [0.2, 0.25) is 0 Å². The molecule has 0 bridgehead atoms. The number of nitrogens with one attached hydrogen (secondary N) is 1. The number of benzene rings is 1. The summed E-state index contributed by atoms with van der Waals surface area (Å²) >= 11 is 0. The molecule has 3 N–H and O–H groups in total. The van der Waals surface area contributed by atoms with Crippen molar-refractivity contribution in [2.75, 3.05) is 11.1 Å². The van der Waals surface area contributed by atoms with Crippen molar-refractivity contribution in [3.63, 3.8) is 0 Å². The van der Waals surface area contributed by atoms with Crippen LogP contribution in [0.5, 0.6) is 0 Å². The fourth-order valence-electron chi connectivity index (χ4n) is 2.05. The quantitative estimate of drug-likeness (QED) is 0.764. The fourth-order valence-corrected chi connectivity index (χ4v) is 2.05. The highest BCUT2D eigenvalue weighted by molar-refractivity contribution is 6.05. The summed E-state index contributed by atoms with van der Waals surface area (Å²) in [5.74, 6) is -0.723. The highest BCUT2D eigenvalue weighted by atomic mass is 19.1. The molecule has 23 heavy (non-hydrogen) atoms. The molecule has 0 saturated carbocycles. The maximum Gasteiger partial charge on any atom is 0.278 e. The average molecular weight is 312 g/mol. The Labute approximate surface area is 131 Å². The second-order valence-corrected chi connectivity index (χ2v) is 4.80. The van der Waals surface area contributed by atoms with E-state index in [9.17, 15) is 9.18 Å². The van der Waals surface area contributed by atoms with Crippen LogP contribution in [0.4, 0.5) is 15.9 Å². The van der Waals surface area contributed by atoms with Gasteiger partial charge in [-0.15, -0.1) is 0 Å². The van der Waals surface area contributed by atoms with Crippen molar-refractivity contribution < 1.29 is 9.18 Å². The van der Waals surface area contributed by atoms with Crippen LogP contribution in [-0.4, -0.2) is 25.7 Å². The minimum Gasteiger partial charge on any atom is -0.382 e. The van der Waals surface area contributed by atoms with Gasteiger partial charge in [-0.05, 0) is 17.7 Å². The van der Waals surface area contributed by atoms with Gasteiger partial charge in [0.1, 0.15) is 5.82 Å². The molecule has 1 amide bonds. The van der Waals surface area contributed by atoms with E-state index in [-0.39, 0.29) is 17.3 Å². The van der Waals surface area contributed by atoms with E-state index in [1.54, 1.807) is 23.0 Å². The Morgan fingerprint density at radius 1 is 1.30 bits per heavy atom. The molecule has 0 spiro atoms. The summed E-state index contributed by atoms with van der Waals surface area (Å²) in [6.07, 6.45) is 5.92. The molecule has 0 unspecified atom stereocenters. The summed E-state index contributed by atoms with van der Waals surface area (Å²) in [7, 11) is 0. The summed E-state index contributed by atoms with van der Waals surface area (Å²) < 4.78 is 14.7. The standard InChI is InChI=1S/C15H13FN6O/c16-11-3-1-2-10(6-11)8-22-9-12(7-20-22)21-15(23)13-14(17)19-5-4-18-13/h1-7,9H,8H2,(H2,17,19)(H,21,23). The normalized spacial score (nSPS) is 10.5. The molecule has 3 aromatic rings. The van der Waals surface area contributed by atoms with Gasteiger partial charge in [-0.25, -0.2) is 14.4 Å². The van der Waals surface area contributed by atoms with E-state index in [1.165, 1.54) is 30.7 Å². The van der Waals surface area contributed by atoms with Crippen LogP contribution in [-0.2, 0) is 6.54 Å². The SMILES string of the molecule is Nc1nccnc1C(=O)Nc1cnn(Cc2cccc(F)c2)c1. The minimum atomic E-state index is -0.471. The number of rotatable bonds is 4. The van der Waals surface area contributed by atoms with Gasteiger partial charge in [0, 0.05) is 18.6 Å². The molecule has 1 aromatic carbocycles. The highest BCUT2D eigenvalue weighted by Gasteiger charge is 2.13. The van der Waals surface area contributed by atoms with Crippen LogP contribution in [0, 0.1) is 5.82 Å². The van der Waals surface area contributed by atoms with E-state index in [0.717, 1.165) is 5.56 Å². The molecule has 0 aliphatic rings. The summed E-state index contributed by atoms with van der Waals surface area (Å²) in [6.45, 7) is 0.390. The summed E-state index contributed by atoms with van der Waals surface area (Å²) in [5, 5.41) is 6.76. The van der Waals surface area contributed by atoms with Gasteiger partial charge in [0.05, 0.1) is 18.4 Å². The number of halogens is 1. The molecule has 0 saturated heterocycles. The largest absolute Gasteiger partial charge is 0.382 e. The lowest BCUT2D eigenvalue weighted by atomic mass is 10.2. The fraction of sp³-hybridized carbons (Fsp3) is 0.0667. The van der Waals surface area contributed by atoms with Gasteiger partial charge in [-0.2, -0.15) is 5.10 Å². The minimum absolute atomic E-state index is 0.0466. The lowest BCUT2D eigenvalue weighted by molar-refractivity contribution is 0.102. The van der Waals surface area contributed by atoms with Crippen LogP contribution >= 0.6 is 0 Å². The smallest absolute Gasteiger partial charge is 0.278 e. The lowest BCUT2D eigenvalue weighted by Gasteiger charge is -2.03. The molecule has 0 radical (unpaired) electrons. The lowest BCUT2D eigenvalue weighted by Crippen LogP contribution is -2.16. The molecule has 8 heteroatoms. The Morgan fingerprint density at radius 2 is 2.13 bits per heavy atom. The zero-order valence-electron chi connectivity index (χ0n) is 12.0. The first-order valence-electron chi connectivity index (χ1n) is 6.76. The Bertz CT molecular complexity index is 847. The number of hydrogen-bond donors (Lipinski definition) is 2. The number of aromatic nitrogens is 4. The van der Waals surface area contributed by atoms with Gasteiger partial charge in [0.25, 0.3) is 5.91 Å². The second kappa shape index (κ2) is 6.22. The van der Waals surface area contributed by atoms with Gasteiger partial charge in [-0.3, -0.25) is 9.48 Å². The van der Waals surface area contributed by atoms with Gasteiger partial charge in [-0.1, -0.05) is 12.1 Å². The Kier molecular flexibility index (Phi) is 3.96. The second-order valence-electron chi connectivity index (χ2n) is 4.80. The number of anilines is 2. The maximum atomic E-state index is 13.2. The number of carbonyl (C=O) groups excluding carboxylic acids is 1. The van der Waals surface area contributed by atoms with Crippen molar-refractivity contribution in [2.24, 2.45) is 0 Å². The van der Waals surface area contributed by atoms with Crippen molar-refractivity contribution in [1.29, 1.82) is 0 Å². The first kappa shape index (κ1) is 14.6. The van der Waals surface area contributed by atoms with E-state index < -0.39 is 5.91 Å². The highest BCUT2D eigenvalue weighted by Crippen LogP contribution is 2.11. The molecular formula is C15H13FN6O. The Balaban J connectivity index is 1.70. The van der Waals surface area contributed by atoms with Crippen molar-refractivity contribution in [3.8, 4) is 0 Å². The van der Waals surface area contributed by atoms with Crippen molar-refractivity contribution in [3.05, 3.63) is 66.1 Å². The number of nitrogen functional groups attached to an aromatic ring is 1. The zero-order chi connectivity index (χ0) is 16.2. The number of nitrogens with two attached hydrogens (primary N) is 1. The van der Waals surface area contributed by atoms with E-state index in [1.807, 2.05) is 0 Å². The van der Waals surface area contributed by atoms with E-state index >= 15 is 0 Å². The molecule has 2 aromatic heterocycles. The Morgan fingerprint density at radius 3 is 2.91 bits per heavy atom. The molecule has 3 rings (SSSR count). The van der Waals surface area contributed by atoms with Crippen LogP contribution < -0.4 is 11.1 Å². The molecule has 7 nitrogen and oxygen atoms in total. The molecule has 0 aliphatic heterocycles. The van der Waals surface area contributed by atoms with Crippen LogP contribution in [0.2, 0.25) is 0 Å². The number of hydrogen-bond acceptors (Lipinski definition) is 5. The molecule has 0 aliphatic carbocycles. The molecule has 0 atom stereocenters. The van der Waals surface area contributed by atoms with E-state index in [4.69, 9.17) is 5.73 Å². The first-order chi connectivity index (χ1) is 11.1. The topological polar surface area (TPSA) is 98.7 Å². The van der Waals surface area contributed by atoms with Gasteiger partial charge in [0.15, 0.2) is 11.5 Å². The van der Waals surface area contributed by atoms with Gasteiger partial charge < -0.3 is 11.1 Å². The summed E-state index contributed by atoms with van der Waals surface area (Å²) in [5.41, 5.74) is 6.90. The molecule has 116 valence electrons. The van der Waals surface area contributed by atoms with E-state index in [2.05, 4.69) is 20.4 Å². The van der Waals surface area contributed by atoms with Crippen molar-refractivity contribution in [1.82, 2.24) is 19.7 Å². The van der Waals surface area contributed by atoms with Crippen molar-refractivity contribution in [2.45, 2.75) is 6.54 Å². The molecular weight excluding hydrogens is 299 g/mol. The van der Waals surface area contributed by atoms with Crippen LogP contribution in [0.15, 0.2) is 49.1 Å². The first-order valence-corrected chi connectivity index (χ1v) is 6.76. The number of amides is 1. The predicted octanol–water partition coefficient (Wildman–Crippen LogP) is 1.69. The number of carbonyl (C=O) groups is 1. The summed E-state index contributed by atoms with van der Waals surface area (Å²) in [4.78, 5) is 19.8. The van der Waals surface area contributed by atoms with Crippen LogP contribution in [0.1, 0.15) is 16.1 Å². The summed E-state index contributed by atoms with van der Waals surface area (Å²) in [6, 6.07) is 6.24. The van der Waals surface area contributed by atoms with Gasteiger partial charge >= 0.3 is 0 Å². The third kappa shape index (κ3) is 3.49. The Hall–Kier alpha value is -3.29. The van der Waals surface area contributed by atoms with Crippen LogP contribution in [0.3, 0.4) is 0 Å². The van der Waals surface area contributed by atoms with Crippen LogP contribution in [0.25, 0.3) is 0 Å². The third-order valence-electron chi connectivity index (χ3n) is 3.07. The van der Waals surface area contributed by atoms with E-state index in [0.29, 0.717) is 12.2 Å². The number of nitrogens with zero attached hydrogens (tertiary/aromatic N) is 4. The molecule has 0 fully saturated rings. The monoisotopic (exact) mass is 312 g/mol.